The first-order valence-electron chi connectivity index (χ1n) is 5.03. The van der Waals surface area contributed by atoms with Gasteiger partial charge in [0.15, 0.2) is 5.82 Å². The van der Waals surface area contributed by atoms with Crippen LogP contribution in [0.1, 0.15) is 19.6 Å². The van der Waals surface area contributed by atoms with Crippen LogP contribution in [-0.4, -0.2) is 34.2 Å². The Hall–Kier alpha value is -1.89. The van der Waals surface area contributed by atoms with Crippen LogP contribution in [0.2, 0.25) is 0 Å². The monoisotopic (exact) mass is 241 g/mol. The molecule has 0 fully saturated rings. The molecule has 1 amide bonds. The second-order valence-electron chi connectivity index (χ2n) is 4.15. The van der Waals surface area contributed by atoms with Crippen LogP contribution >= 0.6 is 0 Å². The fraction of sp³-hybridized carbons (Fsp3) is 0.500. The van der Waals surface area contributed by atoms with E-state index in [1.54, 1.807) is 13.0 Å². The van der Waals surface area contributed by atoms with E-state index < -0.39 is 11.5 Å². The number of aromatic nitrogens is 1. The molecule has 0 aliphatic carbocycles. The minimum atomic E-state index is -1.16. The molecule has 0 aliphatic heterocycles. The van der Waals surface area contributed by atoms with Gasteiger partial charge in [0.2, 0.25) is 5.91 Å². The molecular weight excluding hydrogens is 226 g/mol. The maximum Gasteiger partial charge on any atom is 0.323 e. The quantitative estimate of drug-likeness (QED) is 0.688. The zero-order chi connectivity index (χ0) is 13.1. The molecule has 1 heterocycles. The largest absolute Gasteiger partial charge is 0.480 e. The van der Waals surface area contributed by atoms with Crippen molar-refractivity contribution < 1.29 is 19.2 Å². The summed E-state index contributed by atoms with van der Waals surface area (Å²) < 4.78 is 4.77. The molecule has 1 rings (SSSR count). The molecule has 0 atom stereocenters. The number of carboxylic acid groups (broad SMARTS) is 1. The molecule has 0 saturated heterocycles. The van der Waals surface area contributed by atoms with Crippen LogP contribution in [0.15, 0.2) is 10.6 Å². The summed E-state index contributed by atoms with van der Waals surface area (Å²) in [7, 11) is 0. The molecule has 0 aromatic carbocycles. The first-order valence-corrected chi connectivity index (χ1v) is 5.03. The number of hydrogen-bond donors (Lipinski definition) is 3. The van der Waals surface area contributed by atoms with Crippen LogP contribution in [0.4, 0.5) is 5.82 Å². The molecule has 0 spiro atoms. The summed E-state index contributed by atoms with van der Waals surface area (Å²) in [6, 6.07) is 1.57. The van der Waals surface area contributed by atoms with Crippen molar-refractivity contribution >= 4 is 17.7 Å². The van der Waals surface area contributed by atoms with Crippen LogP contribution in [-0.2, 0) is 9.59 Å². The molecule has 0 unspecified atom stereocenters. The molecule has 7 heteroatoms. The van der Waals surface area contributed by atoms with E-state index in [0.717, 1.165) is 0 Å². The molecular formula is C10H15N3O4. The lowest BCUT2D eigenvalue weighted by atomic mass is 10.1. The zero-order valence-corrected chi connectivity index (χ0v) is 9.90. The van der Waals surface area contributed by atoms with Gasteiger partial charge in [-0.2, -0.15) is 0 Å². The van der Waals surface area contributed by atoms with Crippen molar-refractivity contribution in [3.63, 3.8) is 0 Å². The van der Waals surface area contributed by atoms with Crippen molar-refractivity contribution in [2.24, 2.45) is 0 Å². The Morgan fingerprint density at radius 1 is 1.53 bits per heavy atom. The number of aryl methyl sites for hydroxylation is 1. The van der Waals surface area contributed by atoms with E-state index in [4.69, 9.17) is 9.63 Å². The average Bonchev–Trinajstić information content (AvgIpc) is 2.61. The second-order valence-corrected chi connectivity index (χ2v) is 4.15. The highest BCUT2D eigenvalue weighted by molar-refractivity contribution is 5.91. The lowest BCUT2D eigenvalue weighted by Gasteiger charge is -2.20. The molecule has 17 heavy (non-hydrogen) atoms. The van der Waals surface area contributed by atoms with Crippen molar-refractivity contribution in [1.82, 2.24) is 10.5 Å². The van der Waals surface area contributed by atoms with Crippen molar-refractivity contribution in [3.05, 3.63) is 11.8 Å². The van der Waals surface area contributed by atoms with Crippen LogP contribution in [0.3, 0.4) is 0 Å². The normalized spacial score (nSPS) is 11.2. The molecule has 0 radical (unpaired) electrons. The van der Waals surface area contributed by atoms with Crippen molar-refractivity contribution in [3.8, 4) is 0 Å². The summed E-state index contributed by atoms with van der Waals surface area (Å²) in [6.07, 6.45) is 0. The topological polar surface area (TPSA) is 104 Å². The second kappa shape index (κ2) is 4.96. The first-order chi connectivity index (χ1) is 7.81. The predicted octanol–water partition coefficient (Wildman–Crippen LogP) is 0.374. The van der Waals surface area contributed by atoms with E-state index >= 15 is 0 Å². The Morgan fingerprint density at radius 3 is 2.65 bits per heavy atom. The van der Waals surface area contributed by atoms with Crippen molar-refractivity contribution in [2.45, 2.75) is 26.3 Å². The van der Waals surface area contributed by atoms with Crippen molar-refractivity contribution in [1.29, 1.82) is 0 Å². The van der Waals surface area contributed by atoms with Crippen LogP contribution < -0.4 is 10.6 Å². The lowest BCUT2D eigenvalue weighted by molar-refractivity contribution is -0.143. The summed E-state index contributed by atoms with van der Waals surface area (Å²) in [6.45, 7) is 4.53. The van der Waals surface area contributed by atoms with Gasteiger partial charge in [-0.1, -0.05) is 5.16 Å². The molecule has 1 aromatic heterocycles. The number of nitrogens with one attached hydrogen (secondary N) is 2. The molecule has 1 aromatic rings. The summed E-state index contributed by atoms with van der Waals surface area (Å²) in [4.78, 5) is 22.2. The molecule has 7 nitrogen and oxygen atoms in total. The van der Waals surface area contributed by atoms with Gasteiger partial charge in [-0.15, -0.1) is 0 Å². The Kier molecular flexibility index (Phi) is 3.84. The van der Waals surface area contributed by atoms with Crippen LogP contribution in [0.25, 0.3) is 0 Å². The standard InChI is InChI=1S/C10H15N3O4/c1-6-4-7(13-17-6)12-8(14)5-11-10(2,3)9(15)16/h4,11H,5H2,1-3H3,(H,15,16)(H,12,13,14). The Morgan fingerprint density at radius 2 is 2.18 bits per heavy atom. The third-order valence-corrected chi connectivity index (χ3v) is 2.12. The molecule has 0 bridgehead atoms. The Balaban J connectivity index is 2.43. The van der Waals surface area contributed by atoms with E-state index in [1.165, 1.54) is 13.8 Å². The van der Waals surface area contributed by atoms with E-state index in [0.29, 0.717) is 11.6 Å². The number of rotatable bonds is 5. The molecule has 0 saturated carbocycles. The molecule has 3 N–H and O–H groups in total. The first kappa shape index (κ1) is 13.2. The summed E-state index contributed by atoms with van der Waals surface area (Å²) >= 11 is 0. The van der Waals surface area contributed by atoms with Gasteiger partial charge in [0.25, 0.3) is 0 Å². The van der Waals surface area contributed by atoms with Crippen molar-refractivity contribution in [2.75, 3.05) is 11.9 Å². The van der Waals surface area contributed by atoms with Gasteiger partial charge in [0.1, 0.15) is 11.3 Å². The molecule has 94 valence electrons. The third-order valence-electron chi connectivity index (χ3n) is 2.12. The number of carbonyl (C=O) groups excluding carboxylic acids is 1. The van der Waals surface area contributed by atoms with E-state index in [1.807, 2.05) is 0 Å². The van der Waals surface area contributed by atoms with Gasteiger partial charge < -0.3 is 14.9 Å². The smallest absolute Gasteiger partial charge is 0.323 e. The fourth-order valence-electron chi connectivity index (χ4n) is 0.989. The third kappa shape index (κ3) is 3.87. The van der Waals surface area contributed by atoms with Gasteiger partial charge in [0.05, 0.1) is 6.54 Å². The van der Waals surface area contributed by atoms with Gasteiger partial charge in [0, 0.05) is 6.07 Å². The van der Waals surface area contributed by atoms with Gasteiger partial charge >= 0.3 is 5.97 Å². The van der Waals surface area contributed by atoms with E-state index in [2.05, 4.69) is 15.8 Å². The maximum absolute atomic E-state index is 11.4. The average molecular weight is 241 g/mol. The highest BCUT2D eigenvalue weighted by Gasteiger charge is 2.26. The Labute approximate surface area is 98.2 Å². The summed E-state index contributed by atoms with van der Waals surface area (Å²) in [5, 5.41) is 17.5. The minimum Gasteiger partial charge on any atom is -0.480 e. The molecule has 0 aliphatic rings. The number of anilines is 1. The minimum absolute atomic E-state index is 0.120. The van der Waals surface area contributed by atoms with Gasteiger partial charge in [-0.25, -0.2) is 0 Å². The van der Waals surface area contributed by atoms with E-state index in [9.17, 15) is 9.59 Å². The highest BCUT2D eigenvalue weighted by atomic mass is 16.5. The van der Waals surface area contributed by atoms with Crippen LogP contribution in [0.5, 0.6) is 0 Å². The SMILES string of the molecule is Cc1cc(NC(=O)CNC(C)(C)C(=O)O)no1. The van der Waals surface area contributed by atoms with Crippen LogP contribution in [0, 0.1) is 6.92 Å². The number of nitrogens with zero attached hydrogens (tertiary/aromatic N) is 1. The highest BCUT2D eigenvalue weighted by Crippen LogP contribution is 2.06. The predicted molar refractivity (Wildman–Crippen MR) is 59.6 cm³/mol. The number of carbonyl (C=O) groups is 2. The summed E-state index contributed by atoms with van der Waals surface area (Å²) in [5.41, 5.74) is -1.16. The lowest BCUT2D eigenvalue weighted by Crippen LogP contribution is -2.49. The van der Waals surface area contributed by atoms with E-state index in [-0.39, 0.29) is 12.5 Å². The fourth-order valence-corrected chi connectivity index (χ4v) is 0.989. The zero-order valence-electron chi connectivity index (χ0n) is 9.90. The maximum atomic E-state index is 11.4. The van der Waals surface area contributed by atoms with Gasteiger partial charge in [-0.05, 0) is 20.8 Å². The van der Waals surface area contributed by atoms with Gasteiger partial charge in [-0.3, -0.25) is 14.9 Å². The summed E-state index contributed by atoms with van der Waals surface area (Å²) in [5.74, 6) is -0.517. The Bertz CT molecular complexity index is 425. The number of hydrogen-bond acceptors (Lipinski definition) is 5. The number of aliphatic carboxylic acids is 1. The number of amides is 1. The number of carboxylic acids is 1.